The minimum Gasteiger partial charge on any atom is -0.299 e. The number of carbonyl (C=O) groups excluding carboxylic acids is 3. The van der Waals surface area contributed by atoms with E-state index in [9.17, 15) is 27.6 Å². The zero-order chi connectivity index (χ0) is 22.6. The van der Waals surface area contributed by atoms with Crippen molar-refractivity contribution < 1.29 is 27.6 Å². The third kappa shape index (κ3) is 3.40. The van der Waals surface area contributed by atoms with Crippen LogP contribution in [0.2, 0.25) is 0 Å². The van der Waals surface area contributed by atoms with E-state index in [1.165, 1.54) is 0 Å². The van der Waals surface area contributed by atoms with Crippen LogP contribution in [0.4, 0.5) is 18.3 Å². The number of nitrogens with one attached hydrogen (secondary N) is 1. The zero-order valence-electron chi connectivity index (χ0n) is 16.5. The lowest BCUT2D eigenvalue weighted by atomic mass is 9.85. The predicted molar refractivity (Wildman–Crippen MR) is 107 cm³/mol. The highest BCUT2D eigenvalue weighted by molar-refractivity contribution is 7.15. The molecule has 1 saturated heterocycles. The van der Waals surface area contributed by atoms with Crippen LogP contribution in [0.15, 0.2) is 42.5 Å². The smallest absolute Gasteiger partial charge is 0.299 e. The molecule has 1 aromatic carbocycles. The van der Waals surface area contributed by atoms with E-state index in [0.717, 1.165) is 11.3 Å². The maximum absolute atomic E-state index is 13.2. The van der Waals surface area contributed by atoms with Crippen LogP contribution in [0.3, 0.4) is 0 Å². The number of nitrogens with zero attached hydrogens (tertiary/aromatic N) is 3. The van der Waals surface area contributed by atoms with Gasteiger partial charge in [-0.25, -0.2) is 0 Å². The highest BCUT2D eigenvalue weighted by Crippen LogP contribution is 2.53. The summed E-state index contributed by atoms with van der Waals surface area (Å²) in [7, 11) is 0. The van der Waals surface area contributed by atoms with Gasteiger partial charge in [-0.3, -0.25) is 24.6 Å². The van der Waals surface area contributed by atoms with E-state index in [-0.39, 0.29) is 34.7 Å². The molecule has 32 heavy (non-hydrogen) atoms. The van der Waals surface area contributed by atoms with Crippen LogP contribution in [0.25, 0.3) is 0 Å². The van der Waals surface area contributed by atoms with E-state index in [1.54, 1.807) is 30.3 Å². The van der Waals surface area contributed by atoms with Crippen molar-refractivity contribution in [2.75, 3.05) is 5.32 Å². The van der Waals surface area contributed by atoms with E-state index in [2.05, 4.69) is 15.5 Å². The molecule has 2 fully saturated rings. The molecule has 5 rings (SSSR count). The number of allylic oxidation sites excluding steroid dienone is 2. The highest BCUT2D eigenvalue weighted by Gasteiger charge is 2.61. The number of fused-ring (bicyclic) bond motifs is 5. The molecule has 0 radical (unpaired) electrons. The van der Waals surface area contributed by atoms with E-state index >= 15 is 0 Å². The van der Waals surface area contributed by atoms with Crippen LogP contribution in [0.5, 0.6) is 0 Å². The van der Waals surface area contributed by atoms with E-state index in [0.29, 0.717) is 5.56 Å². The third-order valence-electron chi connectivity index (χ3n) is 6.29. The Morgan fingerprint density at radius 3 is 2.28 bits per heavy atom. The Morgan fingerprint density at radius 2 is 1.72 bits per heavy atom. The number of likely N-dealkylation sites (tertiary alicyclic amines) is 1. The maximum atomic E-state index is 13.2. The summed E-state index contributed by atoms with van der Waals surface area (Å²) >= 11 is 0.186. The molecule has 5 atom stereocenters. The monoisotopic (exact) mass is 462 g/mol. The molecule has 0 unspecified atom stereocenters. The van der Waals surface area contributed by atoms with E-state index < -0.39 is 46.8 Å². The van der Waals surface area contributed by atoms with Crippen LogP contribution in [0, 0.1) is 23.7 Å². The minimum absolute atomic E-state index is 0.0237. The molecular formula is C21H17F3N4O3S. The first-order chi connectivity index (χ1) is 15.2. The molecule has 166 valence electrons. The molecule has 1 saturated carbocycles. The summed E-state index contributed by atoms with van der Waals surface area (Å²) in [5.74, 6) is -2.60. The van der Waals surface area contributed by atoms with E-state index in [4.69, 9.17) is 0 Å². The number of anilines is 1. The lowest BCUT2D eigenvalue weighted by molar-refractivity contribution is -0.147. The Bertz CT molecular complexity index is 1090. The van der Waals surface area contributed by atoms with Crippen molar-refractivity contribution in [1.29, 1.82) is 0 Å². The van der Waals surface area contributed by atoms with Crippen LogP contribution >= 0.6 is 11.3 Å². The van der Waals surface area contributed by atoms with Crippen LogP contribution < -0.4 is 5.32 Å². The van der Waals surface area contributed by atoms with Gasteiger partial charge in [-0.2, -0.15) is 13.2 Å². The van der Waals surface area contributed by atoms with Gasteiger partial charge in [0.25, 0.3) is 0 Å². The van der Waals surface area contributed by atoms with Gasteiger partial charge < -0.3 is 0 Å². The number of amides is 3. The molecular weight excluding hydrogens is 445 g/mol. The Labute approximate surface area is 184 Å². The number of hydrogen-bond donors (Lipinski definition) is 1. The Kier molecular flexibility index (Phi) is 4.88. The number of rotatable bonds is 5. The fourth-order valence-corrected chi connectivity index (χ4v) is 5.56. The molecule has 0 spiro atoms. The second-order valence-corrected chi connectivity index (χ2v) is 9.13. The van der Waals surface area contributed by atoms with Crippen molar-refractivity contribution in [3.05, 3.63) is 53.1 Å². The Hall–Kier alpha value is -3.08. The number of imide groups is 1. The molecule has 2 bridgehead atoms. The van der Waals surface area contributed by atoms with Gasteiger partial charge in [0, 0.05) is 6.42 Å². The molecule has 1 aliphatic heterocycles. The number of halogens is 3. The van der Waals surface area contributed by atoms with Crippen LogP contribution in [0.1, 0.15) is 17.0 Å². The molecule has 2 aromatic rings. The average molecular weight is 462 g/mol. The van der Waals surface area contributed by atoms with Gasteiger partial charge in [0.05, 0.1) is 11.8 Å². The van der Waals surface area contributed by atoms with Crippen LogP contribution in [-0.4, -0.2) is 38.9 Å². The predicted octanol–water partition coefficient (Wildman–Crippen LogP) is 2.91. The summed E-state index contributed by atoms with van der Waals surface area (Å²) in [5.41, 5.74) is 0.708. The highest BCUT2D eigenvalue weighted by atomic mass is 32.1. The SMILES string of the molecule is O=C(Nc1nnc(C(F)(F)F)s1)[C@@H](Cc1ccccc1)N1C(=O)[C@@H]2[C@H](C1=O)[C@H]1C=C[C@H]2C1. The zero-order valence-corrected chi connectivity index (χ0v) is 17.3. The fraction of sp³-hybridized carbons (Fsp3) is 0.381. The second kappa shape index (κ2) is 7.51. The summed E-state index contributed by atoms with van der Waals surface area (Å²) in [6.45, 7) is 0. The Morgan fingerprint density at radius 1 is 1.09 bits per heavy atom. The molecule has 11 heteroatoms. The van der Waals surface area contributed by atoms with Gasteiger partial charge in [0.2, 0.25) is 27.9 Å². The topological polar surface area (TPSA) is 92.3 Å². The number of aromatic nitrogens is 2. The van der Waals surface area contributed by atoms with Gasteiger partial charge in [-0.1, -0.05) is 53.8 Å². The van der Waals surface area contributed by atoms with Crippen molar-refractivity contribution >= 4 is 34.2 Å². The summed E-state index contributed by atoms with van der Waals surface area (Å²) < 4.78 is 38.5. The normalized spacial score (nSPS) is 27.2. The Balaban J connectivity index is 1.43. The van der Waals surface area contributed by atoms with Crippen molar-refractivity contribution in [2.45, 2.75) is 25.1 Å². The van der Waals surface area contributed by atoms with Crippen molar-refractivity contribution in [3.8, 4) is 0 Å². The van der Waals surface area contributed by atoms with Crippen LogP contribution in [-0.2, 0) is 27.0 Å². The first-order valence-corrected chi connectivity index (χ1v) is 10.9. The molecule has 7 nitrogen and oxygen atoms in total. The van der Waals surface area contributed by atoms with Crippen molar-refractivity contribution in [2.24, 2.45) is 23.7 Å². The largest absolute Gasteiger partial charge is 0.445 e. The minimum atomic E-state index is -4.69. The summed E-state index contributed by atoms with van der Waals surface area (Å²) in [4.78, 5) is 40.6. The summed E-state index contributed by atoms with van der Waals surface area (Å²) in [6, 6.07) is 7.61. The fourth-order valence-electron chi connectivity index (χ4n) is 4.95. The quantitative estimate of drug-likeness (QED) is 0.545. The second-order valence-electron chi connectivity index (χ2n) is 8.15. The first-order valence-electron chi connectivity index (χ1n) is 10.0. The van der Waals surface area contributed by atoms with Crippen molar-refractivity contribution in [3.63, 3.8) is 0 Å². The average Bonchev–Trinajstić information content (AvgIpc) is 3.52. The molecule has 2 aliphatic carbocycles. The number of alkyl halides is 3. The molecule has 1 N–H and O–H groups in total. The molecule has 2 heterocycles. The van der Waals surface area contributed by atoms with Gasteiger partial charge in [-0.15, -0.1) is 10.2 Å². The standard InChI is InChI=1S/C21H17F3N4O3S/c22-21(23,24)19-26-27-20(32-19)25-16(29)13(8-10-4-2-1-3-5-10)28-17(30)14-11-6-7-12(9-11)15(14)18(28)31/h1-7,11-15H,8-9H2,(H,25,27,29)/t11-,12-,13+,14-,15+/m0/s1. The molecule has 3 amide bonds. The summed E-state index contributed by atoms with van der Waals surface area (Å²) in [5, 5.41) is 7.22. The summed E-state index contributed by atoms with van der Waals surface area (Å²) in [6.07, 6.45) is 0.00651. The maximum Gasteiger partial charge on any atom is 0.445 e. The number of carbonyl (C=O) groups is 3. The van der Waals surface area contributed by atoms with Gasteiger partial charge in [0.15, 0.2) is 0 Å². The first kappa shape index (κ1) is 20.8. The van der Waals surface area contributed by atoms with Crippen molar-refractivity contribution in [1.82, 2.24) is 15.1 Å². The lowest BCUT2D eigenvalue weighted by Crippen LogP contribution is -2.49. The third-order valence-corrected chi connectivity index (χ3v) is 7.17. The molecule has 3 aliphatic rings. The van der Waals surface area contributed by atoms with Gasteiger partial charge in [0.1, 0.15) is 6.04 Å². The van der Waals surface area contributed by atoms with Gasteiger partial charge >= 0.3 is 6.18 Å². The lowest BCUT2D eigenvalue weighted by Gasteiger charge is -2.26. The number of hydrogen-bond acceptors (Lipinski definition) is 6. The number of benzene rings is 1. The molecule has 1 aromatic heterocycles. The van der Waals surface area contributed by atoms with E-state index in [1.807, 2.05) is 12.2 Å². The van der Waals surface area contributed by atoms with Gasteiger partial charge in [-0.05, 0) is 23.8 Å².